The number of nitriles is 1. The molecule has 0 radical (unpaired) electrons. The lowest BCUT2D eigenvalue weighted by Crippen LogP contribution is -2.03. The van der Waals surface area contributed by atoms with E-state index in [1.54, 1.807) is 37.3 Å². The van der Waals surface area contributed by atoms with E-state index in [0.717, 1.165) is 24.0 Å². The molecule has 0 saturated heterocycles. The molecule has 0 aromatic heterocycles. The van der Waals surface area contributed by atoms with Gasteiger partial charge in [0.05, 0.1) is 11.8 Å². The Kier molecular flexibility index (Phi) is 8.43. The van der Waals surface area contributed by atoms with Crippen LogP contribution in [0.5, 0.6) is 0 Å². The summed E-state index contributed by atoms with van der Waals surface area (Å²) >= 11 is 0. The predicted molar refractivity (Wildman–Crippen MR) is 102 cm³/mol. The van der Waals surface area contributed by atoms with E-state index in [2.05, 4.69) is 12.6 Å². The molecule has 0 bridgehead atoms. The van der Waals surface area contributed by atoms with E-state index in [1.807, 2.05) is 19.9 Å². The fourth-order valence-electron chi connectivity index (χ4n) is 2.64. The zero-order valence-corrected chi connectivity index (χ0v) is 15.3. The van der Waals surface area contributed by atoms with E-state index in [9.17, 15) is 9.50 Å². The van der Waals surface area contributed by atoms with Crippen molar-refractivity contribution in [2.45, 2.75) is 46.5 Å². The second-order valence-corrected chi connectivity index (χ2v) is 5.56. The van der Waals surface area contributed by atoms with Gasteiger partial charge in [0, 0.05) is 12.0 Å². The summed E-state index contributed by atoms with van der Waals surface area (Å²) in [5.41, 5.74) is 3.78. The minimum Gasteiger partial charge on any atom is -0.512 e. The average molecular weight is 339 g/mol. The van der Waals surface area contributed by atoms with Gasteiger partial charge in [0.15, 0.2) is 0 Å². The molecule has 132 valence electrons. The number of allylic oxidation sites excluding steroid dienone is 13. The molecule has 0 heterocycles. The van der Waals surface area contributed by atoms with Gasteiger partial charge in [-0.1, -0.05) is 38.7 Å². The Morgan fingerprint density at radius 3 is 2.36 bits per heavy atom. The Hall–Kier alpha value is -2.60. The minimum absolute atomic E-state index is 0.264. The average Bonchev–Trinajstić information content (AvgIpc) is 2.64. The Balaban J connectivity index is 0.00000151. The fourth-order valence-corrected chi connectivity index (χ4v) is 2.64. The summed E-state index contributed by atoms with van der Waals surface area (Å²) in [6, 6.07) is 2.05. The molecule has 3 heteroatoms. The SMILES string of the molecule is C=C(/C=C\C(C#N)=C/C)C1=C(F)C=C(C2=CC=C(O)CC2)CC1.CC. The molecule has 2 aliphatic carbocycles. The maximum Gasteiger partial charge on any atom is 0.127 e. The molecule has 2 rings (SSSR count). The summed E-state index contributed by atoms with van der Waals surface area (Å²) in [4.78, 5) is 0. The number of aliphatic hydroxyl groups excluding tert-OH is 1. The molecule has 0 amide bonds. The second kappa shape index (κ2) is 10.3. The topological polar surface area (TPSA) is 44.0 Å². The van der Waals surface area contributed by atoms with Gasteiger partial charge in [-0.15, -0.1) is 0 Å². The van der Waals surface area contributed by atoms with Crippen molar-refractivity contribution in [3.05, 3.63) is 82.5 Å². The molecule has 2 aliphatic rings. The molecule has 0 fully saturated rings. The first-order chi connectivity index (χ1) is 12.0. The van der Waals surface area contributed by atoms with Crippen LogP contribution in [0.25, 0.3) is 0 Å². The van der Waals surface area contributed by atoms with Crippen LogP contribution in [0.1, 0.15) is 46.5 Å². The van der Waals surface area contributed by atoms with Gasteiger partial charge in [-0.25, -0.2) is 4.39 Å². The lowest BCUT2D eigenvalue weighted by molar-refractivity contribution is 0.386. The minimum atomic E-state index is -0.264. The second-order valence-electron chi connectivity index (χ2n) is 5.56. The Bertz CT molecular complexity index is 736. The van der Waals surface area contributed by atoms with Gasteiger partial charge in [0.2, 0.25) is 0 Å². The lowest BCUT2D eigenvalue weighted by atomic mass is 9.86. The monoisotopic (exact) mass is 339 g/mol. The zero-order valence-electron chi connectivity index (χ0n) is 15.3. The Labute approximate surface area is 150 Å². The van der Waals surface area contributed by atoms with Crippen molar-refractivity contribution in [3.63, 3.8) is 0 Å². The highest BCUT2D eigenvalue weighted by atomic mass is 19.1. The lowest BCUT2D eigenvalue weighted by Gasteiger charge is -2.20. The van der Waals surface area contributed by atoms with E-state index >= 15 is 0 Å². The van der Waals surface area contributed by atoms with Crippen LogP contribution in [-0.2, 0) is 0 Å². The number of hydrogen-bond donors (Lipinski definition) is 1. The number of hydrogen-bond acceptors (Lipinski definition) is 2. The van der Waals surface area contributed by atoms with Crippen LogP contribution in [0.15, 0.2) is 82.5 Å². The molecule has 0 aromatic rings. The third kappa shape index (κ3) is 5.76. The zero-order chi connectivity index (χ0) is 18.8. The molecule has 0 aliphatic heterocycles. The van der Waals surface area contributed by atoms with E-state index in [-0.39, 0.29) is 5.83 Å². The van der Waals surface area contributed by atoms with Crippen LogP contribution >= 0.6 is 0 Å². The van der Waals surface area contributed by atoms with Gasteiger partial charge < -0.3 is 5.11 Å². The highest BCUT2D eigenvalue weighted by molar-refractivity contribution is 5.51. The van der Waals surface area contributed by atoms with Gasteiger partial charge in [-0.05, 0) is 66.7 Å². The van der Waals surface area contributed by atoms with Crippen LogP contribution in [0.3, 0.4) is 0 Å². The molecule has 25 heavy (non-hydrogen) atoms. The van der Waals surface area contributed by atoms with Crippen molar-refractivity contribution in [2.75, 3.05) is 0 Å². The fraction of sp³-hybridized carbons (Fsp3) is 0.318. The first kappa shape index (κ1) is 20.4. The summed E-state index contributed by atoms with van der Waals surface area (Å²) < 4.78 is 14.4. The van der Waals surface area contributed by atoms with Crippen molar-refractivity contribution >= 4 is 0 Å². The molecule has 0 spiro atoms. The highest BCUT2D eigenvalue weighted by Gasteiger charge is 2.18. The maximum absolute atomic E-state index is 14.4. The molecule has 0 atom stereocenters. The quantitative estimate of drug-likeness (QED) is 0.457. The standard InChI is InChI=1S/C20H20FNO.C2H6/c1-3-15(13-22)5-4-14(2)19-11-8-17(12-20(19)21)16-6-9-18(23)10-7-16;1-2/h3-6,9,12,23H,2,7-8,10-11H2,1H3;1-2H3/b5-4-,15-3+;. The van der Waals surface area contributed by atoms with E-state index in [1.165, 1.54) is 0 Å². The van der Waals surface area contributed by atoms with Crippen LogP contribution in [0.2, 0.25) is 0 Å². The van der Waals surface area contributed by atoms with Gasteiger partial charge in [-0.3, -0.25) is 0 Å². The molecule has 0 saturated carbocycles. The van der Waals surface area contributed by atoms with Gasteiger partial charge in [0.1, 0.15) is 5.83 Å². The van der Waals surface area contributed by atoms with Crippen molar-refractivity contribution in [1.29, 1.82) is 5.26 Å². The summed E-state index contributed by atoms with van der Waals surface area (Å²) in [6.07, 6.45) is 12.8. The van der Waals surface area contributed by atoms with Crippen LogP contribution < -0.4 is 0 Å². The van der Waals surface area contributed by atoms with Gasteiger partial charge >= 0.3 is 0 Å². The molecule has 2 nitrogen and oxygen atoms in total. The van der Waals surface area contributed by atoms with Crippen molar-refractivity contribution in [1.82, 2.24) is 0 Å². The number of halogens is 1. The maximum atomic E-state index is 14.4. The normalized spacial score (nSPS) is 17.9. The molecular weight excluding hydrogens is 313 g/mol. The first-order valence-electron chi connectivity index (χ1n) is 8.67. The van der Waals surface area contributed by atoms with Crippen molar-refractivity contribution < 1.29 is 9.50 Å². The smallest absolute Gasteiger partial charge is 0.127 e. The molecule has 1 N–H and O–H groups in total. The summed E-state index contributed by atoms with van der Waals surface area (Å²) in [5, 5.41) is 18.3. The molecule has 0 unspecified atom stereocenters. The van der Waals surface area contributed by atoms with Gasteiger partial charge in [-0.2, -0.15) is 5.26 Å². The first-order valence-corrected chi connectivity index (χ1v) is 8.67. The van der Waals surface area contributed by atoms with E-state index in [4.69, 9.17) is 5.26 Å². The van der Waals surface area contributed by atoms with Crippen molar-refractivity contribution in [3.8, 4) is 6.07 Å². The van der Waals surface area contributed by atoms with E-state index in [0.29, 0.717) is 35.3 Å². The summed E-state index contributed by atoms with van der Waals surface area (Å²) in [6.45, 7) is 9.69. The van der Waals surface area contributed by atoms with Crippen LogP contribution in [0, 0.1) is 11.3 Å². The third-order valence-corrected chi connectivity index (χ3v) is 4.07. The Morgan fingerprint density at radius 1 is 1.16 bits per heavy atom. The van der Waals surface area contributed by atoms with Crippen LogP contribution in [-0.4, -0.2) is 5.11 Å². The van der Waals surface area contributed by atoms with E-state index < -0.39 is 0 Å². The summed E-state index contributed by atoms with van der Waals surface area (Å²) in [7, 11) is 0. The number of aliphatic hydroxyl groups is 1. The largest absolute Gasteiger partial charge is 0.512 e. The highest BCUT2D eigenvalue weighted by Crippen LogP contribution is 2.35. The third-order valence-electron chi connectivity index (χ3n) is 4.07. The summed E-state index contributed by atoms with van der Waals surface area (Å²) in [5.74, 6) is 0.109. The predicted octanol–water partition coefficient (Wildman–Crippen LogP) is 6.70. The number of nitrogens with zero attached hydrogens (tertiary/aromatic N) is 1. The molecule has 0 aromatic carbocycles. The Morgan fingerprint density at radius 2 is 1.84 bits per heavy atom. The van der Waals surface area contributed by atoms with Crippen LogP contribution in [0.4, 0.5) is 4.39 Å². The van der Waals surface area contributed by atoms with Gasteiger partial charge in [0.25, 0.3) is 0 Å². The number of rotatable bonds is 4. The molecular formula is C22H26FNO. The van der Waals surface area contributed by atoms with Crippen molar-refractivity contribution in [2.24, 2.45) is 0 Å².